The molecule has 7 heteroatoms. The zero-order chi connectivity index (χ0) is 15.7. The predicted octanol–water partition coefficient (Wildman–Crippen LogP) is 2.96. The Kier molecular flexibility index (Phi) is 4.44. The molecular weight excluding hydrogens is 315 g/mol. The molecule has 0 aliphatic carbocycles. The average molecular weight is 329 g/mol. The minimum Gasteiger partial charge on any atom is -0.495 e. The number of aromatic nitrogens is 2. The van der Waals surface area contributed by atoms with E-state index in [1.165, 1.54) is 13.2 Å². The lowest BCUT2D eigenvalue weighted by atomic mass is 10.1. The fourth-order valence-corrected chi connectivity index (χ4v) is 2.63. The first-order valence-corrected chi connectivity index (χ1v) is 7.01. The summed E-state index contributed by atoms with van der Waals surface area (Å²) in [5, 5.41) is 0.440. The third kappa shape index (κ3) is 2.84. The zero-order valence-corrected chi connectivity index (χ0v) is 13.2. The summed E-state index contributed by atoms with van der Waals surface area (Å²) in [6.07, 6.45) is 0. The lowest BCUT2D eigenvalue weighted by Gasteiger charge is -2.14. The van der Waals surface area contributed by atoms with Crippen LogP contribution in [0.2, 0.25) is 10.2 Å². The molecule has 5 nitrogen and oxygen atoms in total. The van der Waals surface area contributed by atoms with Crippen LogP contribution in [0.15, 0.2) is 27.8 Å². The highest BCUT2D eigenvalue weighted by atomic mass is 35.5. The van der Waals surface area contributed by atoms with Crippen molar-refractivity contribution in [3.05, 3.63) is 54.8 Å². The molecule has 0 aliphatic heterocycles. The predicted molar refractivity (Wildman–Crippen MR) is 83.3 cm³/mol. The number of halogens is 2. The van der Waals surface area contributed by atoms with Crippen molar-refractivity contribution in [2.45, 2.75) is 19.8 Å². The number of rotatable bonds is 3. The van der Waals surface area contributed by atoms with Gasteiger partial charge in [0.15, 0.2) is 0 Å². The quantitative estimate of drug-likeness (QED) is 0.881. The maximum atomic E-state index is 12.6. The van der Waals surface area contributed by atoms with E-state index in [2.05, 4.69) is 4.98 Å². The Morgan fingerprint density at radius 3 is 2.48 bits per heavy atom. The monoisotopic (exact) mass is 328 g/mol. The number of nitrogens with zero attached hydrogens (tertiary/aromatic N) is 1. The van der Waals surface area contributed by atoms with Crippen molar-refractivity contribution in [2.24, 2.45) is 0 Å². The summed E-state index contributed by atoms with van der Waals surface area (Å²) in [7, 11) is 1.45. The Morgan fingerprint density at radius 2 is 1.90 bits per heavy atom. The van der Waals surface area contributed by atoms with Crippen LogP contribution in [0.4, 0.5) is 0 Å². The van der Waals surface area contributed by atoms with Crippen LogP contribution in [0.3, 0.4) is 0 Å². The van der Waals surface area contributed by atoms with Gasteiger partial charge in [0.25, 0.3) is 5.56 Å². The molecule has 2 rings (SSSR count). The van der Waals surface area contributed by atoms with Gasteiger partial charge in [-0.2, -0.15) is 0 Å². The lowest BCUT2D eigenvalue weighted by Crippen LogP contribution is -2.36. The van der Waals surface area contributed by atoms with Crippen molar-refractivity contribution < 1.29 is 4.74 Å². The molecule has 0 atom stereocenters. The molecule has 0 saturated carbocycles. The zero-order valence-electron chi connectivity index (χ0n) is 11.7. The second-order valence-electron chi connectivity index (χ2n) is 4.77. The van der Waals surface area contributed by atoms with Crippen LogP contribution in [-0.4, -0.2) is 16.7 Å². The van der Waals surface area contributed by atoms with E-state index in [9.17, 15) is 9.59 Å². The largest absolute Gasteiger partial charge is 0.495 e. The van der Waals surface area contributed by atoms with Gasteiger partial charge in [-0.3, -0.25) is 9.78 Å². The molecule has 1 heterocycles. The molecule has 112 valence electrons. The fraction of sp³-hybridized carbons (Fsp3) is 0.286. The van der Waals surface area contributed by atoms with Gasteiger partial charge in [-0.15, -0.1) is 0 Å². The van der Waals surface area contributed by atoms with Gasteiger partial charge in [-0.1, -0.05) is 37.0 Å². The number of H-pyrrole nitrogens is 1. The summed E-state index contributed by atoms with van der Waals surface area (Å²) in [6, 6.07) is 4.70. The third-order valence-corrected chi connectivity index (χ3v) is 3.58. The molecule has 1 aromatic heterocycles. The average Bonchev–Trinajstić information content (AvgIpc) is 2.37. The Bertz CT molecular complexity index is 794. The molecule has 0 amide bonds. The second-order valence-corrected chi connectivity index (χ2v) is 5.58. The first-order valence-electron chi connectivity index (χ1n) is 6.25. The van der Waals surface area contributed by atoms with Crippen molar-refractivity contribution in [2.75, 3.05) is 7.11 Å². The van der Waals surface area contributed by atoms with Crippen molar-refractivity contribution in [3.8, 4) is 11.4 Å². The molecule has 1 aromatic carbocycles. The Hall–Kier alpha value is -1.72. The van der Waals surface area contributed by atoms with E-state index >= 15 is 0 Å². The molecule has 0 fully saturated rings. The van der Waals surface area contributed by atoms with Gasteiger partial charge in [0.2, 0.25) is 0 Å². The molecule has 2 aromatic rings. The summed E-state index contributed by atoms with van der Waals surface area (Å²) in [5.74, 6) is 0.224. The van der Waals surface area contributed by atoms with Crippen LogP contribution >= 0.6 is 23.2 Å². The molecule has 21 heavy (non-hydrogen) atoms. The summed E-state index contributed by atoms with van der Waals surface area (Å²) in [4.78, 5) is 27.2. The molecular formula is C14H14Cl2N2O3. The first kappa shape index (κ1) is 15.7. The number of hydrogen-bond acceptors (Lipinski definition) is 3. The van der Waals surface area contributed by atoms with Gasteiger partial charge in [0.1, 0.15) is 10.9 Å². The molecule has 0 radical (unpaired) electrons. The molecule has 0 bridgehead atoms. The van der Waals surface area contributed by atoms with E-state index in [1.807, 2.05) is 13.8 Å². The van der Waals surface area contributed by atoms with E-state index in [-0.39, 0.29) is 16.8 Å². The van der Waals surface area contributed by atoms with Crippen LogP contribution in [0.25, 0.3) is 5.69 Å². The van der Waals surface area contributed by atoms with Gasteiger partial charge in [-0.25, -0.2) is 9.36 Å². The number of methoxy groups -OCH3 is 1. The van der Waals surface area contributed by atoms with Gasteiger partial charge < -0.3 is 4.74 Å². The van der Waals surface area contributed by atoms with Gasteiger partial charge in [-0.05, 0) is 24.1 Å². The van der Waals surface area contributed by atoms with Crippen molar-refractivity contribution >= 4 is 23.2 Å². The summed E-state index contributed by atoms with van der Waals surface area (Å²) >= 11 is 11.9. The Balaban J connectivity index is 2.88. The standard InChI is InChI=1S/C14H14Cl2N2O3/c1-7(2)11-12(16)17-14(20)18(13(11)19)9-6-8(15)4-5-10(9)21-3/h4-7H,1-3H3,(H,17,20). The molecule has 0 saturated heterocycles. The molecule has 0 unspecified atom stereocenters. The SMILES string of the molecule is COc1ccc(Cl)cc1-n1c(=O)[nH]c(Cl)c(C(C)C)c1=O. The van der Waals surface area contributed by atoms with Crippen molar-refractivity contribution in [1.82, 2.24) is 9.55 Å². The number of benzene rings is 1. The third-order valence-electron chi connectivity index (χ3n) is 3.05. The number of ether oxygens (including phenoxy) is 1. The number of nitrogens with one attached hydrogen (secondary N) is 1. The highest BCUT2D eigenvalue weighted by molar-refractivity contribution is 6.31. The summed E-state index contributed by atoms with van der Waals surface area (Å²) in [6.45, 7) is 3.64. The normalized spacial score (nSPS) is 11.0. The van der Waals surface area contributed by atoms with Crippen molar-refractivity contribution in [1.29, 1.82) is 0 Å². The molecule has 0 aliphatic rings. The number of hydrogen-bond donors (Lipinski definition) is 1. The van der Waals surface area contributed by atoms with Crippen LogP contribution in [-0.2, 0) is 0 Å². The lowest BCUT2D eigenvalue weighted by molar-refractivity contribution is 0.412. The summed E-state index contributed by atoms with van der Waals surface area (Å²) < 4.78 is 6.17. The van der Waals surface area contributed by atoms with E-state index in [1.54, 1.807) is 12.1 Å². The smallest absolute Gasteiger partial charge is 0.334 e. The van der Waals surface area contributed by atoms with E-state index in [0.717, 1.165) is 4.57 Å². The van der Waals surface area contributed by atoms with Gasteiger partial charge in [0.05, 0.1) is 18.4 Å². The van der Waals surface area contributed by atoms with Crippen LogP contribution in [0.5, 0.6) is 5.75 Å². The maximum absolute atomic E-state index is 12.6. The van der Waals surface area contributed by atoms with Gasteiger partial charge in [0, 0.05) is 5.02 Å². The van der Waals surface area contributed by atoms with Crippen LogP contribution < -0.4 is 16.0 Å². The first-order chi connectivity index (χ1) is 9.86. The fourth-order valence-electron chi connectivity index (χ4n) is 2.08. The highest BCUT2D eigenvalue weighted by Crippen LogP contribution is 2.25. The van der Waals surface area contributed by atoms with Crippen molar-refractivity contribution in [3.63, 3.8) is 0 Å². The molecule has 1 N–H and O–H groups in total. The van der Waals surface area contributed by atoms with E-state index in [4.69, 9.17) is 27.9 Å². The van der Waals surface area contributed by atoms with E-state index in [0.29, 0.717) is 16.3 Å². The Morgan fingerprint density at radius 1 is 1.24 bits per heavy atom. The van der Waals surface area contributed by atoms with Crippen LogP contribution in [0, 0.1) is 0 Å². The highest BCUT2D eigenvalue weighted by Gasteiger charge is 2.19. The maximum Gasteiger partial charge on any atom is 0.334 e. The minimum absolute atomic E-state index is 0.0530. The van der Waals surface area contributed by atoms with E-state index < -0.39 is 11.2 Å². The second kappa shape index (κ2) is 5.95. The van der Waals surface area contributed by atoms with Gasteiger partial charge >= 0.3 is 5.69 Å². The summed E-state index contributed by atoms with van der Waals surface area (Å²) in [5.41, 5.74) is -0.526. The molecule has 0 spiro atoms. The topological polar surface area (TPSA) is 64.1 Å². The number of aromatic amines is 1. The minimum atomic E-state index is -0.644. The Labute approximate surface area is 131 Å². The van der Waals surface area contributed by atoms with Crippen LogP contribution in [0.1, 0.15) is 25.3 Å².